The van der Waals surface area contributed by atoms with E-state index in [2.05, 4.69) is 10.6 Å². The van der Waals surface area contributed by atoms with Crippen molar-refractivity contribution < 1.29 is 14.3 Å². The minimum Gasteiger partial charge on any atom is -0.494 e. The molecule has 136 valence electrons. The molecule has 0 saturated carbocycles. The molecule has 2 N–H and O–H groups in total. The predicted molar refractivity (Wildman–Crippen MR) is 98.2 cm³/mol. The minimum absolute atomic E-state index is 0. The maximum Gasteiger partial charge on any atom is 0.251 e. The Balaban J connectivity index is 0.00000288. The highest BCUT2D eigenvalue weighted by molar-refractivity contribution is 5.94. The number of methoxy groups -OCH3 is 1. The summed E-state index contributed by atoms with van der Waals surface area (Å²) in [6.45, 7) is 4.25. The second-order valence-corrected chi connectivity index (χ2v) is 5.98. The summed E-state index contributed by atoms with van der Waals surface area (Å²) in [5.74, 6) is 1.46. The smallest absolute Gasteiger partial charge is 0.251 e. The van der Waals surface area contributed by atoms with Crippen LogP contribution in [0.5, 0.6) is 5.75 Å². The third-order valence-corrected chi connectivity index (χ3v) is 4.12. The van der Waals surface area contributed by atoms with Gasteiger partial charge in [-0.3, -0.25) is 4.79 Å². The van der Waals surface area contributed by atoms with Gasteiger partial charge in [0.15, 0.2) is 0 Å². The molecule has 24 heavy (non-hydrogen) atoms. The second kappa shape index (κ2) is 12.1. The molecule has 1 fully saturated rings. The lowest BCUT2D eigenvalue weighted by atomic mass is 9.96. The Morgan fingerprint density at radius 1 is 1.29 bits per heavy atom. The molecule has 1 saturated heterocycles. The third kappa shape index (κ3) is 7.51. The lowest BCUT2D eigenvalue weighted by Gasteiger charge is -2.22. The normalized spacial score (nSPS) is 17.0. The fraction of sp³-hybridized carbons (Fsp3) is 0.611. The number of carbonyl (C=O) groups excluding carboxylic acids is 1. The van der Waals surface area contributed by atoms with Crippen LogP contribution in [-0.4, -0.2) is 45.9 Å². The van der Waals surface area contributed by atoms with Crippen molar-refractivity contribution in [2.45, 2.75) is 25.7 Å². The molecule has 1 heterocycles. The molecular formula is C18H29ClN2O3. The van der Waals surface area contributed by atoms with Crippen LogP contribution in [0.4, 0.5) is 0 Å². The van der Waals surface area contributed by atoms with Gasteiger partial charge >= 0.3 is 0 Å². The molecular weight excluding hydrogens is 328 g/mol. The van der Waals surface area contributed by atoms with Crippen LogP contribution < -0.4 is 15.4 Å². The maximum absolute atomic E-state index is 12.1. The molecule has 1 aromatic rings. The van der Waals surface area contributed by atoms with Crippen LogP contribution in [-0.2, 0) is 4.74 Å². The zero-order valence-electron chi connectivity index (χ0n) is 14.4. The molecule has 1 aliphatic rings. The summed E-state index contributed by atoms with van der Waals surface area (Å²) < 4.78 is 10.6. The van der Waals surface area contributed by atoms with E-state index in [1.54, 1.807) is 7.11 Å². The fourth-order valence-electron chi connectivity index (χ4n) is 2.76. The number of hydrogen-bond acceptors (Lipinski definition) is 4. The first-order chi connectivity index (χ1) is 11.3. The first kappa shape index (κ1) is 20.7. The van der Waals surface area contributed by atoms with Gasteiger partial charge < -0.3 is 20.1 Å². The Kier molecular flexibility index (Phi) is 10.5. The molecule has 1 atom stereocenters. The first-order valence-corrected chi connectivity index (χ1v) is 8.50. The van der Waals surface area contributed by atoms with E-state index in [1.807, 2.05) is 24.3 Å². The molecule has 0 radical (unpaired) electrons. The molecule has 6 heteroatoms. The monoisotopic (exact) mass is 356 g/mol. The Bertz CT molecular complexity index is 462. The van der Waals surface area contributed by atoms with Gasteiger partial charge in [0, 0.05) is 32.2 Å². The van der Waals surface area contributed by atoms with Gasteiger partial charge in [0.05, 0.1) is 6.61 Å². The molecule has 1 amide bonds. The molecule has 1 unspecified atom stereocenters. The maximum atomic E-state index is 12.1. The van der Waals surface area contributed by atoms with Gasteiger partial charge in [-0.15, -0.1) is 12.4 Å². The van der Waals surface area contributed by atoms with E-state index in [4.69, 9.17) is 9.47 Å². The molecule has 0 aromatic heterocycles. The van der Waals surface area contributed by atoms with E-state index in [9.17, 15) is 4.79 Å². The van der Waals surface area contributed by atoms with Crippen molar-refractivity contribution in [3.05, 3.63) is 29.8 Å². The van der Waals surface area contributed by atoms with Crippen LogP contribution in [0.3, 0.4) is 0 Å². The van der Waals surface area contributed by atoms with Crippen LogP contribution >= 0.6 is 12.4 Å². The summed E-state index contributed by atoms with van der Waals surface area (Å²) >= 11 is 0. The van der Waals surface area contributed by atoms with E-state index < -0.39 is 0 Å². The topological polar surface area (TPSA) is 59.6 Å². The minimum atomic E-state index is -0.0142. The molecule has 0 aliphatic carbocycles. The quantitative estimate of drug-likeness (QED) is 0.668. The number of ether oxygens (including phenoxy) is 2. The van der Waals surface area contributed by atoms with Crippen molar-refractivity contribution in [2.75, 3.05) is 40.0 Å². The molecule has 0 bridgehead atoms. The average molecular weight is 357 g/mol. The SMILES string of the molecule is COCCCOc1ccc(C(=O)NCCC2CCCNC2)cc1.Cl. The van der Waals surface area contributed by atoms with Crippen LogP contribution in [0.15, 0.2) is 24.3 Å². The van der Waals surface area contributed by atoms with Crippen molar-refractivity contribution in [3.63, 3.8) is 0 Å². The van der Waals surface area contributed by atoms with E-state index >= 15 is 0 Å². The highest BCUT2D eigenvalue weighted by Gasteiger charge is 2.13. The summed E-state index contributed by atoms with van der Waals surface area (Å²) in [4.78, 5) is 12.1. The molecule has 1 aliphatic heterocycles. The van der Waals surface area contributed by atoms with Crippen LogP contribution in [0.25, 0.3) is 0 Å². The Morgan fingerprint density at radius 3 is 2.75 bits per heavy atom. The standard InChI is InChI=1S/C18H28N2O3.ClH/c1-22-12-3-13-23-17-7-5-16(6-8-17)18(21)20-11-9-15-4-2-10-19-14-15;/h5-8,15,19H,2-4,9-14H2,1H3,(H,20,21);1H. The van der Waals surface area contributed by atoms with E-state index in [-0.39, 0.29) is 18.3 Å². The van der Waals surface area contributed by atoms with Gasteiger partial charge in [-0.2, -0.15) is 0 Å². The van der Waals surface area contributed by atoms with Crippen LogP contribution in [0.2, 0.25) is 0 Å². The Labute approximate surface area is 150 Å². The van der Waals surface area contributed by atoms with Gasteiger partial charge in [0.2, 0.25) is 0 Å². The summed E-state index contributed by atoms with van der Waals surface area (Å²) in [7, 11) is 1.68. The van der Waals surface area contributed by atoms with Crippen molar-refractivity contribution in [1.29, 1.82) is 0 Å². The number of benzene rings is 1. The lowest BCUT2D eigenvalue weighted by molar-refractivity contribution is 0.0950. The largest absolute Gasteiger partial charge is 0.494 e. The predicted octanol–water partition coefficient (Wildman–Crippen LogP) is 2.64. The van der Waals surface area contributed by atoms with Gasteiger partial charge in [0.25, 0.3) is 5.91 Å². The summed E-state index contributed by atoms with van der Waals surface area (Å²) in [6.07, 6.45) is 4.40. The Hall–Kier alpha value is -1.30. The second-order valence-electron chi connectivity index (χ2n) is 5.98. The van der Waals surface area contributed by atoms with Crippen molar-refractivity contribution >= 4 is 18.3 Å². The van der Waals surface area contributed by atoms with Crippen molar-refractivity contribution in [1.82, 2.24) is 10.6 Å². The number of halogens is 1. The van der Waals surface area contributed by atoms with E-state index in [0.717, 1.165) is 38.2 Å². The van der Waals surface area contributed by atoms with Gasteiger partial charge in [-0.05, 0) is 62.5 Å². The highest BCUT2D eigenvalue weighted by Crippen LogP contribution is 2.14. The first-order valence-electron chi connectivity index (χ1n) is 8.50. The summed E-state index contributed by atoms with van der Waals surface area (Å²) in [5.41, 5.74) is 0.677. The molecule has 0 spiro atoms. The highest BCUT2D eigenvalue weighted by atomic mass is 35.5. The number of hydrogen-bond donors (Lipinski definition) is 2. The van der Waals surface area contributed by atoms with Crippen molar-refractivity contribution in [3.8, 4) is 5.75 Å². The van der Waals surface area contributed by atoms with E-state index in [0.29, 0.717) is 24.7 Å². The Morgan fingerprint density at radius 2 is 2.08 bits per heavy atom. The number of carbonyl (C=O) groups is 1. The molecule has 5 nitrogen and oxygen atoms in total. The summed E-state index contributed by atoms with van der Waals surface area (Å²) in [6, 6.07) is 7.30. The third-order valence-electron chi connectivity index (χ3n) is 4.12. The fourth-order valence-corrected chi connectivity index (χ4v) is 2.76. The molecule has 1 aromatic carbocycles. The van der Waals surface area contributed by atoms with Crippen molar-refractivity contribution in [2.24, 2.45) is 5.92 Å². The van der Waals surface area contributed by atoms with Gasteiger partial charge in [-0.25, -0.2) is 0 Å². The van der Waals surface area contributed by atoms with Crippen LogP contribution in [0.1, 0.15) is 36.0 Å². The van der Waals surface area contributed by atoms with Gasteiger partial charge in [0.1, 0.15) is 5.75 Å². The van der Waals surface area contributed by atoms with E-state index in [1.165, 1.54) is 12.8 Å². The lowest BCUT2D eigenvalue weighted by Crippen LogP contribution is -2.33. The zero-order chi connectivity index (χ0) is 16.3. The van der Waals surface area contributed by atoms with Gasteiger partial charge in [-0.1, -0.05) is 0 Å². The number of piperidine rings is 1. The number of amides is 1. The van der Waals surface area contributed by atoms with Crippen LogP contribution in [0, 0.1) is 5.92 Å². The average Bonchev–Trinajstić information content (AvgIpc) is 2.60. The number of rotatable bonds is 9. The number of nitrogens with one attached hydrogen (secondary N) is 2. The zero-order valence-corrected chi connectivity index (χ0v) is 15.2. The molecule has 2 rings (SSSR count). The summed E-state index contributed by atoms with van der Waals surface area (Å²) in [5, 5.41) is 6.40.